The number of aromatic nitrogens is 3. The van der Waals surface area contributed by atoms with Gasteiger partial charge in [-0.2, -0.15) is 18.3 Å². The number of nitrogens with zero attached hydrogens (tertiary/aromatic N) is 3. The van der Waals surface area contributed by atoms with Crippen LogP contribution >= 0.6 is 0 Å². The van der Waals surface area contributed by atoms with Crippen molar-refractivity contribution >= 4 is 5.91 Å². The maximum absolute atomic E-state index is 12.6. The Morgan fingerprint density at radius 1 is 1.24 bits per heavy atom. The van der Waals surface area contributed by atoms with Crippen molar-refractivity contribution in [2.24, 2.45) is 11.1 Å². The van der Waals surface area contributed by atoms with Crippen LogP contribution in [0.25, 0.3) is 5.69 Å². The van der Waals surface area contributed by atoms with E-state index in [1.54, 1.807) is 27.0 Å². The molecule has 136 valence electrons. The zero-order valence-electron chi connectivity index (χ0n) is 14.4. The van der Waals surface area contributed by atoms with Crippen molar-refractivity contribution in [2.45, 2.75) is 46.2 Å². The highest BCUT2D eigenvalue weighted by Crippen LogP contribution is 2.29. The maximum Gasteiger partial charge on any atom is 0.433 e. The van der Waals surface area contributed by atoms with E-state index >= 15 is 0 Å². The first kappa shape index (κ1) is 19.0. The van der Waals surface area contributed by atoms with Crippen molar-refractivity contribution in [3.05, 3.63) is 41.5 Å². The number of primary amides is 1. The van der Waals surface area contributed by atoms with Crippen LogP contribution in [0.3, 0.4) is 0 Å². The van der Waals surface area contributed by atoms with Crippen molar-refractivity contribution in [1.82, 2.24) is 14.8 Å². The molecule has 0 saturated carbocycles. The van der Waals surface area contributed by atoms with Gasteiger partial charge in [0.15, 0.2) is 0 Å². The van der Waals surface area contributed by atoms with Gasteiger partial charge in [-0.15, -0.1) is 0 Å². The predicted octanol–water partition coefficient (Wildman–Crippen LogP) is 3.29. The lowest BCUT2D eigenvalue weighted by Crippen LogP contribution is -2.27. The summed E-state index contributed by atoms with van der Waals surface area (Å²) < 4.78 is 39.2. The molecule has 0 fully saturated rings. The summed E-state index contributed by atoms with van der Waals surface area (Å²) in [4.78, 5) is 13.6. The maximum atomic E-state index is 12.6. The summed E-state index contributed by atoms with van der Waals surface area (Å²) in [6, 6.07) is 2.54. The molecule has 0 saturated heterocycles. The van der Waals surface area contributed by atoms with Crippen LogP contribution in [0.4, 0.5) is 13.2 Å². The van der Waals surface area contributed by atoms with E-state index in [-0.39, 0.29) is 11.3 Å². The molecular formula is C17H21F3N4O. The smallest absolute Gasteiger partial charge is 0.369 e. The van der Waals surface area contributed by atoms with Crippen molar-refractivity contribution in [3.8, 4) is 5.69 Å². The van der Waals surface area contributed by atoms with Gasteiger partial charge in [-0.05, 0) is 37.0 Å². The number of halogens is 3. The number of carbonyl (C=O) groups is 1. The number of alkyl halides is 3. The lowest BCUT2D eigenvalue weighted by Gasteiger charge is -2.10. The van der Waals surface area contributed by atoms with Crippen LogP contribution in [0.1, 0.15) is 44.1 Å². The second-order valence-electron chi connectivity index (χ2n) is 6.91. The van der Waals surface area contributed by atoms with Crippen molar-refractivity contribution in [3.63, 3.8) is 0 Å². The lowest BCUT2D eigenvalue weighted by molar-refractivity contribution is -0.141. The van der Waals surface area contributed by atoms with E-state index in [2.05, 4.69) is 10.1 Å². The van der Waals surface area contributed by atoms with E-state index in [4.69, 9.17) is 5.73 Å². The van der Waals surface area contributed by atoms with Gasteiger partial charge in [0.25, 0.3) is 0 Å². The number of hydrogen-bond donors (Lipinski definition) is 1. The molecule has 0 radical (unpaired) electrons. The molecule has 5 nitrogen and oxygen atoms in total. The summed E-state index contributed by atoms with van der Waals surface area (Å²) >= 11 is 0. The van der Waals surface area contributed by atoms with Gasteiger partial charge in [-0.3, -0.25) is 9.78 Å². The average Bonchev–Trinajstić information content (AvgIpc) is 3.07. The molecule has 0 spiro atoms. The van der Waals surface area contributed by atoms with E-state index in [1.165, 1.54) is 10.7 Å². The Morgan fingerprint density at radius 2 is 1.88 bits per heavy atom. The summed E-state index contributed by atoms with van der Waals surface area (Å²) in [5, 5.41) is 4.31. The molecule has 2 heterocycles. The number of fused-ring (bicyclic) bond motifs is 1. The van der Waals surface area contributed by atoms with Gasteiger partial charge < -0.3 is 5.73 Å². The first-order valence-corrected chi connectivity index (χ1v) is 7.89. The highest BCUT2D eigenvalue weighted by molar-refractivity contribution is 5.79. The molecule has 2 aromatic heterocycles. The van der Waals surface area contributed by atoms with Gasteiger partial charge in [-0.25, -0.2) is 4.68 Å². The molecule has 8 heteroatoms. The highest BCUT2D eigenvalue weighted by Gasteiger charge is 2.32. The Balaban J connectivity index is 0.000000277. The summed E-state index contributed by atoms with van der Waals surface area (Å²) in [7, 11) is 0. The van der Waals surface area contributed by atoms with Gasteiger partial charge in [0.05, 0.1) is 11.4 Å². The van der Waals surface area contributed by atoms with Crippen LogP contribution in [-0.4, -0.2) is 20.7 Å². The zero-order valence-corrected chi connectivity index (χ0v) is 14.4. The van der Waals surface area contributed by atoms with Gasteiger partial charge in [0, 0.05) is 17.8 Å². The molecular weight excluding hydrogens is 333 g/mol. The standard InChI is InChI=1S/C12H10F3N3.C5H11NO/c13-12(14,15)11-6-9(4-5-16-11)18-7-8-2-1-3-10(8)17-18;1-5(2,3)4(6)7/h4-7H,1-3H2;1-3H3,(H2,6,7). The highest BCUT2D eigenvalue weighted by atomic mass is 19.4. The SMILES string of the molecule is CC(C)(C)C(N)=O.FC(F)(F)c1cc(-n2cc3c(n2)CCC3)ccn1. The van der Waals surface area contributed by atoms with Crippen molar-refractivity contribution in [2.75, 3.05) is 0 Å². The minimum absolute atomic E-state index is 0.257. The van der Waals surface area contributed by atoms with Crippen LogP contribution in [0.5, 0.6) is 0 Å². The Kier molecular flexibility index (Phi) is 5.20. The van der Waals surface area contributed by atoms with Gasteiger partial charge >= 0.3 is 6.18 Å². The number of pyridine rings is 1. The fourth-order valence-corrected chi connectivity index (χ4v) is 2.16. The van der Waals surface area contributed by atoms with E-state index in [0.717, 1.165) is 42.8 Å². The van der Waals surface area contributed by atoms with Gasteiger partial charge in [0.2, 0.25) is 5.91 Å². The number of carbonyl (C=O) groups excluding carboxylic acids is 1. The van der Waals surface area contributed by atoms with Crippen LogP contribution < -0.4 is 5.73 Å². The summed E-state index contributed by atoms with van der Waals surface area (Å²) in [5.41, 5.74) is 6.18. The van der Waals surface area contributed by atoms with E-state index in [0.29, 0.717) is 5.69 Å². The van der Waals surface area contributed by atoms with Gasteiger partial charge in [-0.1, -0.05) is 20.8 Å². The van der Waals surface area contributed by atoms with Crippen LogP contribution in [0, 0.1) is 5.41 Å². The van der Waals surface area contributed by atoms with Crippen LogP contribution in [-0.2, 0) is 23.8 Å². The van der Waals surface area contributed by atoms with E-state index in [1.807, 2.05) is 0 Å². The molecule has 1 aliphatic rings. The molecule has 2 aromatic rings. The molecule has 0 unspecified atom stereocenters. The summed E-state index contributed by atoms with van der Waals surface area (Å²) in [6.45, 7) is 5.36. The molecule has 0 atom stereocenters. The minimum Gasteiger partial charge on any atom is -0.369 e. The monoisotopic (exact) mass is 354 g/mol. The third-order valence-electron chi connectivity index (χ3n) is 3.77. The third kappa shape index (κ3) is 4.80. The summed E-state index contributed by atoms with van der Waals surface area (Å²) in [6.07, 6.45) is 1.46. The van der Waals surface area contributed by atoms with E-state index < -0.39 is 11.9 Å². The molecule has 1 aliphatic carbocycles. The lowest BCUT2D eigenvalue weighted by atomic mass is 9.96. The molecule has 1 amide bonds. The predicted molar refractivity (Wildman–Crippen MR) is 87.0 cm³/mol. The van der Waals surface area contributed by atoms with Crippen LogP contribution in [0.15, 0.2) is 24.5 Å². The molecule has 2 N–H and O–H groups in total. The average molecular weight is 354 g/mol. The molecule has 3 rings (SSSR count). The number of hydrogen-bond acceptors (Lipinski definition) is 3. The van der Waals surface area contributed by atoms with E-state index in [9.17, 15) is 18.0 Å². The third-order valence-corrected chi connectivity index (χ3v) is 3.77. The quantitative estimate of drug-likeness (QED) is 0.854. The topological polar surface area (TPSA) is 73.8 Å². The number of amides is 1. The fourth-order valence-electron chi connectivity index (χ4n) is 2.16. The number of aryl methyl sites for hydroxylation is 2. The number of nitrogens with two attached hydrogens (primary N) is 1. The minimum atomic E-state index is -4.42. The molecule has 0 bridgehead atoms. The molecule has 0 aromatic carbocycles. The summed E-state index contributed by atoms with van der Waals surface area (Å²) in [5.74, 6) is -0.257. The Bertz CT molecular complexity index is 738. The Hall–Kier alpha value is -2.38. The zero-order chi connectivity index (χ0) is 18.8. The Labute approximate surface area is 144 Å². The van der Waals surface area contributed by atoms with Gasteiger partial charge in [0.1, 0.15) is 5.69 Å². The Morgan fingerprint density at radius 3 is 2.40 bits per heavy atom. The normalized spacial score (nSPS) is 13.8. The molecule has 0 aliphatic heterocycles. The second-order valence-corrected chi connectivity index (χ2v) is 6.91. The first-order chi connectivity index (χ1) is 11.5. The fraction of sp³-hybridized carbons (Fsp3) is 0.471. The van der Waals surface area contributed by atoms with Crippen LogP contribution in [0.2, 0.25) is 0 Å². The van der Waals surface area contributed by atoms with Crippen molar-refractivity contribution in [1.29, 1.82) is 0 Å². The van der Waals surface area contributed by atoms with Crippen molar-refractivity contribution < 1.29 is 18.0 Å². The molecule has 25 heavy (non-hydrogen) atoms. The largest absolute Gasteiger partial charge is 0.433 e. The first-order valence-electron chi connectivity index (χ1n) is 7.89. The second kappa shape index (κ2) is 6.85. The number of rotatable bonds is 1.